The molecule has 26 heavy (non-hydrogen) atoms. The van der Waals surface area contributed by atoms with Crippen LogP contribution in [0.2, 0.25) is 0 Å². The number of likely N-dealkylation sites (tertiary alicyclic amines) is 1. The van der Waals surface area contributed by atoms with Crippen LogP contribution in [0.3, 0.4) is 0 Å². The fraction of sp³-hybridized carbons (Fsp3) is 0.421. The minimum atomic E-state index is -0.241. The molecular formula is C19H31N3O4. The normalized spacial score (nSPS) is 14.3. The topological polar surface area (TPSA) is 87.7 Å². The van der Waals surface area contributed by atoms with Gasteiger partial charge in [-0.1, -0.05) is 28.3 Å². The molecule has 2 aliphatic heterocycles. The predicted molar refractivity (Wildman–Crippen MR) is 103 cm³/mol. The quantitative estimate of drug-likeness (QED) is 0.660. The van der Waals surface area contributed by atoms with Crippen molar-refractivity contribution in [1.82, 2.24) is 14.8 Å². The molecule has 1 aromatic heterocycles. The van der Waals surface area contributed by atoms with Gasteiger partial charge in [0.25, 0.3) is 11.8 Å². The number of aryl methyl sites for hydroxylation is 1. The summed E-state index contributed by atoms with van der Waals surface area (Å²) in [6, 6.07) is 5.86. The number of amides is 4. The Morgan fingerprint density at radius 1 is 0.808 bits per heavy atom. The summed E-state index contributed by atoms with van der Waals surface area (Å²) in [7, 11) is 2.96. The fourth-order valence-electron chi connectivity index (χ4n) is 1.61. The van der Waals surface area contributed by atoms with Crippen molar-refractivity contribution < 1.29 is 19.2 Å². The van der Waals surface area contributed by atoms with Crippen LogP contribution in [-0.4, -0.2) is 52.5 Å². The van der Waals surface area contributed by atoms with Gasteiger partial charge >= 0.3 is 0 Å². The van der Waals surface area contributed by atoms with Gasteiger partial charge in [0.2, 0.25) is 11.8 Å². The lowest BCUT2D eigenvalue weighted by molar-refractivity contribution is -0.137. The molecule has 0 aliphatic carbocycles. The molecule has 2 aliphatic rings. The lowest BCUT2D eigenvalue weighted by atomic mass is 10.4. The SMILES string of the molecule is C.C.C.CN1C(=O)C=CC1=O.CN1C(=O)CCC1=O.Cc1ccccn1. The first-order chi connectivity index (χ1) is 10.8. The molecule has 7 nitrogen and oxygen atoms in total. The third kappa shape index (κ3) is 8.86. The first kappa shape index (κ1) is 28.0. The number of aromatic nitrogens is 1. The third-order valence-corrected chi connectivity index (χ3v) is 3.14. The molecule has 7 heteroatoms. The van der Waals surface area contributed by atoms with Crippen LogP contribution < -0.4 is 0 Å². The summed E-state index contributed by atoms with van der Waals surface area (Å²) < 4.78 is 0. The Bertz CT molecular complexity index is 593. The number of pyridine rings is 1. The first-order valence-corrected chi connectivity index (χ1v) is 6.99. The van der Waals surface area contributed by atoms with Gasteiger partial charge in [0, 0.05) is 51.0 Å². The van der Waals surface area contributed by atoms with E-state index < -0.39 is 0 Å². The Labute approximate surface area is 156 Å². The van der Waals surface area contributed by atoms with Crippen LogP contribution in [0.25, 0.3) is 0 Å². The smallest absolute Gasteiger partial charge is 0.253 e. The maximum Gasteiger partial charge on any atom is 0.253 e. The summed E-state index contributed by atoms with van der Waals surface area (Å²) in [5.41, 5.74) is 1.07. The summed E-state index contributed by atoms with van der Waals surface area (Å²) in [4.78, 5) is 48.0. The lowest BCUT2D eigenvalue weighted by Crippen LogP contribution is -2.24. The highest BCUT2D eigenvalue weighted by molar-refractivity contribution is 6.12. The third-order valence-electron chi connectivity index (χ3n) is 3.14. The average Bonchev–Trinajstić information content (AvgIpc) is 2.99. The van der Waals surface area contributed by atoms with Crippen LogP contribution in [0.4, 0.5) is 0 Å². The van der Waals surface area contributed by atoms with Crippen LogP contribution in [-0.2, 0) is 19.2 Å². The van der Waals surface area contributed by atoms with Crippen molar-refractivity contribution in [2.75, 3.05) is 14.1 Å². The summed E-state index contributed by atoms with van der Waals surface area (Å²) in [6.45, 7) is 1.97. The highest BCUT2D eigenvalue weighted by Gasteiger charge is 2.24. The van der Waals surface area contributed by atoms with Gasteiger partial charge in [-0.2, -0.15) is 0 Å². The summed E-state index contributed by atoms with van der Waals surface area (Å²) >= 11 is 0. The second kappa shape index (κ2) is 13.5. The van der Waals surface area contributed by atoms with Crippen molar-refractivity contribution >= 4 is 23.6 Å². The van der Waals surface area contributed by atoms with E-state index in [4.69, 9.17) is 0 Å². The molecular weight excluding hydrogens is 334 g/mol. The van der Waals surface area contributed by atoms with E-state index in [0.717, 1.165) is 10.6 Å². The maximum absolute atomic E-state index is 10.5. The van der Waals surface area contributed by atoms with Gasteiger partial charge in [-0.25, -0.2) is 0 Å². The number of carbonyl (C=O) groups is 4. The Kier molecular flexibility index (Phi) is 14.5. The molecule has 0 bridgehead atoms. The minimum absolute atomic E-state index is 0. The lowest BCUT2D eigenvalue weighted by Gasteiger charge is -2.01. The van der Waals surface area contributed by atoms with Gasteiger partial charge in [0.05, 0.1) is 0 Å². The van der Waals surface area contributed by atoms with Crippen LogP contribution in [0.5, 0.6) is 0 Å². The van der Waals surface area contributed by atoms with Crippen LogP contribution >= 0.6 is 0 Å². The second-order valence-electron chi connectivity index (χ2n) is 4.89. The van der Waals surface area contributed by atoms with Gasteiger partial charge in [-0.15, -0.1) is 0 Å². The van der Waals surface area contributed by atoms with E-state index in [1.807, 2.05) is 25.1 Å². The van der Waals surface area contributed by atoms with E-state index >= 15 is 0 Å². The molecule has 146 valence electrons. The Hall–Kier alpha value is -2.83. The number of hydrogen-bond acceptors (Lipinski definition) is 5. The van der Waals surface area contributed by atoms with Gasteiger partial charge in [0.1, 0.15) is 0 Å². The van der Waals surface area contributed by atoms with Crippen molar-refractivity contribution in [2.45, 2.75) is 42.0 Å². The van der Waals surface area contributed by atoms with Crippen LogP contribution in [0.1, 0.15) is 40.8 Å². The van der Waals surface area contributed by atoms with Crippen molar-refractivity contribution in [1.29, 1.82) is 0 Å². The largest absolute Gasteiger partial charge is 0.286 e. The van der Waals surface area contributed by atoms with Gasteiger partial charge in [-0.05, 0) is 19.1 Å². The second-order valence-corrected chi connectivity index (χ2v) is 4.89. The van der Waals surface area contributed by atoms with E-state index in [0.29, 0.717) is 12.8 Å². The van der Waals surface area contributed by atoms with Crippen molar-refractivity contribution in [3.8, 4) is 0 Å². The molecule has 0 saturated carbocycles. The minimum Gasteiger partial charge on any atom is -0.286 e. The monoisotopic (exact) mass is 365 g/mol. The molecule has 0 N–H and O–H groups in total. The standard InChI is InChI=1S/C6H7N.C5H7NO2.C5H5NO2.3CH4/c1-6-4-2-3-5-7-6;2*1-6-4(7)2-3-5(6)8;;;/h2-5H,1H3;2-3H2,1H3;2-3H,1H3;3*1H4. The van der Waals surface area contributed by atoms with Crippen molar-refractivity contribution in [3.63, 3.8) is 0 Å². The van der Waals surface area contributed by atoms with Crippen LogP contribution in [0, 0.1) is 6.92 Å². The number of nitrogens with zero attached hydrogens (tertiary/aromatic N) is 3. The zero-order valence-corrected chi connectivity index (χ0v) is 13.4. The van der Waals surface area contributed by atoms with Crippen molar-refractivity contribution in [3.05, 3.63) is 42.2 Å². The summed E-state index contributed by atoms with van der Waals surface area (Å²) in [5.74, 6) is -0.602. The average molecular weight is 365 g/mol. The van der Waals surface area contributed by atoms with E-state index in [1.54, 1.807) is 6.20 Å². The van der Waals surface area contributed by atoms with E-state index in [-0.39, 0.29) is 45.9 Å². The van der Waals surface area contributed by atoms with E-state index in [1.165, 1.54) is 31.1 Å². The van der Waals surface area contributed by atoms with E-state index in [2.05, 4.69) is 4.98 Å². The summed E-state index contributed by atoms with van der Waals surface area (Å²) in [5, 5.41) is 0. The Morgan fingerprint density at radius 3 is 1.42 bits per heavy atom. The van der Waals surface area contributed by atoms with Crippen LogP contribution in [0.15, 0.2) is 36.5 Å². The molecule has 3 heterocycles. The number of likely N-dealkylation sites (N-methyl/N-ethyl adjacent to an activating group) is 1. The Balaban J connectivity index is -0.000000289. The van der Waals surface area contributed by atoms with E-state index in [9.17, 15) is 19.2 Å². The molecule has 0 unspecified atom stereocenters. The molecule has 0 aromatic carbocycles. The van der Waals surface area contributed by atoms with Gasteiger partial charge in [0.15, 0.2) is 0 Å². The number of hydrogen-bond donors (Lipinski definition) is 0. The fourth-order valence-corrected chi connectivity index (χ4v) is 1.61. The zero-order valence-electron chi connectivity index (χ0n) is 13.4. The molecule has 1 fully saturated rings. The molecule has 3 rings (SSSR count). The molecule has 0 atom stereocenters. The molecule has 1 aromatic rings. The number of carbonyl (C=O) groups excluding carboxylic acids is 4. The van der Waals surface area contributed by atoms with Gasteiger partial charge < -0.3 is 0 Å². The molecule has 0 radical (unpaired) electrons. The number of rotatable bonds is 0. The molecule has 4 amide bonds. The first-order valence-electron chi connectivity index (χ1n) is 6.99. The predicted octanol–water partition coefficient (Wildman–Crippen LogP) is 2.60. The highest BCUT2D eigenvalue weighted by atomic mass is 16.2. The van der Waals surface area contributed by atoms with Crippen molar-refractivity contribution in [2.24, 2.45) is 0 Å². The summed E-state index contributed by atoms with van der Waals surface area (Å²) in [6.07, 6.45) is 5.09. The zero-order chi connectivity index (χ0) is 17.4. The maximum atomic E-state index is 10.5. The number of imide groups is 2. The molecule has 0 spiro atoms. The highest BCUT2D eigenvalue weighted by Crippen LogP contribution is 2.07. The Morgan fingerprint density at radius 2 is 1.27 bits per heavy atom. The molecule has 1 saturated heterocycles. The van der Waals surface area contributed by atoms with Gasteiger partial charge in [-0.3, -0.25) is 34.0 Å².